The van der Waals surface area contributed by atoms with E-state index in [2.05, 4.69) is 9.17 Å². The zero-order chi connectivity index (χ0) is 30.6. The highest BCUT2D eigenvalue weighted by Gasteiger charge is 2.35. The second kappa shape index (κ2) is 10.6. The number of benzene rings is 3. The summed E-state index contributed by atoms with van der Waals surface area (Å²) in [6.07, 6.45) is -2.91. The smallest absolute Gasteiger partial charge is 0.416 e. The van der Waals surface area contributed by atoms with Gasteiger partial charge < -0.3 is 8.92 Å². The lowest BCUT2D eigenvalue weighted by atomic mass is 9.82. The molecule has 1 aliphatic heterocycles. The first kappa shape index (κ1) is 29.3. The Morgan fingerprint density at radius 2 is 1.50 bits per heavy atom. The Balaban J connectivity index is 1.56. The molecule has 4 aromatic rings. The molecule has 0 spiro atoms. The number of halogens is 8. The number of ether oxygens (including phenoxy) is 1. The van der Waals surface area contributed by atoms with Crippen molar-refractivity contribution in [3.8, 4) is 22.6 Å². The molecular formula is C28H17F8NO4S. The summed E-state index contributed by atoms with van der Waals surface area (Å²) in [4.78, 5) is 3.44. The maximum atomic E-state index is 14.1. The predicted octanol–water partition coefficient (Wildman–Crippen LogP) is 7.45. The Morgan fingerprint density at radius 3 is 2.12 bits per heavy atom. The first-order valence-corrected chi connectivity index (χ1v) is 13.5. The summed E-state index contributed by atoms with van der Waals surface area (Å²) in [6, 6.07) is 9.64. The number of nitrogens with zero attached hydrogens (tertiary/aromatic N) is 1. The summed E-state index contributed by atoms with van der Waals surface area (Å²) in [5.41, 5.74) is 1.24. The lowest BCUT2D eigenvalue weighted by molar-refractivity contribution is -0.137. The van der Waals surface area contributed by atoms with E-state index in [1.807, 2.05) is 0 Å². The Hall–Kier alpha value is -4.20. The van der Waals surface area contributed by atoms with E-state index < -0.39 is 67.5 Å². The van der Waals surface area contributed by atoms with Gasteiger partial charge in [0.05, 0.1) is 12.2 Å². The topological polar surface area (TPSA) is 65.5 Å². The van der Waals surface area contributed by atoms with Crippen molar-refractivity contribution in [2.45, 2.75) is 30.3 Å². The number of alkyl halides is 3. The predicted molar refractivity (Wildman–Crippen MR) is 132 cm³/mol. The zero-order valence-electron chi connectivity index (χ0n) is 21.2. The van der Waals surface area contributed by atoms with Crippen LogP contribution in [0, 0.1) is 36.0 Å². The highest BCUT2D eigenvalue weighted by atomic mass is 32.2. The van der Waals surface area contributed by atoms with Crippen molar-refractivity contribution in [1.82, 2.24) is 4.98 Å². The van der Waals surface area contributed by atoms with Gasteiger partial charge in [0.15, 0.2) is 0 Å². The highest BCUT2D eigenvalue weighted by molar-refractivity contribution is 7.87. The van der Waals surface area contributed by atoms with Crippen molar-refractivity contribution in [2.75, 3.05) is 6.61 Å². The molecule has 1 aromatic heterocycles. The average Bonchev–Trinajstić information content (AvgIpc) is 2.96. The van der Waals surface area contributed by atoms with E-state index in [4.69, 9.17) is 4.74 Å². The average molecular weight is 615 g/mol. The first-order valence-electron chi connectivity index (χ1n) is 12.1. The van der Waals surface area contributed by atoms with Crippen LogP contribution in [0.15, 0.2) is 59.6 Å². The van der Waals surface area contributed by atoms with Gasteiger partial charge in [-0.15, -0.1) is 0 Å². The van der Waals surface area contributed by atoms with Crippen LogP contribution in [0.5, 0.6) is 11.5 Å². The van der Waals surface area contributed by atoms with Crippen molar-refractivity contribution in [3.05, 3.63) is 106 Å². The number of rotatable bonds is 5. The number of aromatic nitrogens is 1. The quantitative estimate of drug-likeness (QED) is 0.101. The van der Waals surface area contributed by atoms with Crippen molar-refractivity contribution >= 4 is 10.1 Å². The number of pyridine rings is 1. The van der Waals surface area contributed by atoms with Crippen molar-refractivity contribution in [2.24, 2.45) is 0 Å². The van der Waals surface area contributed by atoms with E-state index in [9.17, 15) is 43.5 Å². The van der Waals surface area contributed by atoms with E-state index >= 15 is 0 Å². The van der Waals surface area contributed by atoms with Gasteiger partial charge in [-0.3, -0.25) is 4.98 Å². The van der Waals surface area contributed by atoms with E-state index in [0.717, 1.165) is 24.3 Å². The molecule has 0 saturated heterocycles. The Bertz CT molecular complexity index is 1780. The maximum absolute atomic E-state index is 14.1. The van der Waals surface area contributed by atoms with Crippen LogP contribution in [0.1, 0.15) is 34.7 Å². The van der Waals surface area contributed by atoms with Crippen LogP contribution < -0.4 is 8.92 Å². The van der Waals surface area contributed by atoms with E-state index in [0.29, 0.717) is 22.4 Å². The molecule has 0 fully saturated rings. The van der Waals surface area contributed by atoms with Crippen LogP contribution in [0.2, 0.25) is 0 Å². The van der Waals surface area contributed by atoms with Gasteiger partial charge in [0.25, 0.3) is 0 Å². The Kier molecular flexibility index (Phi) is 7.37. The second-order valence-corrected chi connectivity index (χ2v) is 10.9. The summed E-state index contributed by atoms with van der Waals surface area (Å²) in [6.45, 7) is 1.72. The number of aryl methyl sites for hydroxylation is 1. The third kappa shape index (κ3) is 5.26. The Labute approximate surface area is 233 Å². The summed E-state index contributed by atoms with van der Waals surface area (Å²) in [5.74, 6) is -14.9. The Morgan fingerprint density at radius 1 is 0.857 bits per heavy atom. The molecule has 5 rings (SSSR count). The summed E-state index contributed by atoms with van der Waals surface area (Å²) in [7, 11) is -5.15. The van der Waals surface area contributed by atoms with Crippen molar-refractivity contribution in [1.29, 1.82) is 0 Å². The minimum absolute atomic E-state index is 0.00623. The van der Waals surface area contributed by atoms with Crippen LogP contribution in [0.25, 0.3) is 11.1 Å². The van der Waals surface area contributed by atoms with Gasteiger partial charge in [0, 0.05) is 35.0 Å². The largest absolute Gasteiger partial charge is 0.493 e. The van der Waals surface area contributed by atoms with Gasteiger partial charge in [0.1, 0.15) is 10.6 Å². The van der Waals surface area contributed by atoms with E-state index in [-0.39, 0.29) is 24.3 Å². The molecule has 0 unspecified atom stereocenters. The fraction of sp³-hybridized carbons (Fsp3) is 0.179. The van der Waals surface area contributed by atoms with Gasteiger partial charge in [0.2, 0.25) is 34.8 Å². The molecule has 14 heteroatoms. The summed E-state index contributed by atoms with van der Waals surface area (Å²) >= 11 is 0. The van der Waals surface area contributed by atoms with E-state index in [1.54, 1.807) is 19.1 Å². The SMILES string of the molecule is Cc1ccc(-c2cc(C(F)(F)F)ccc2[C@H]2CCOc3cc(S(=O)(=O)Oc4c(F)c(F)c(F)c(F)c4F)ccc32)cn1. The fourth-order valence-corrected chi connectivity index (χ4v) is 5.53. The lowest BCUT2D eigenvalue weighted by Crippen LogP contribution is -2.18. The monoisotopic (exact) mass is 615 g/mol. The van der Waals surface area contributed by atoms with Crippen LogP contribution >= 0.6 is 0 Å². The molecule has 1 atom stereocenters. The van der Waals surface area contributed by atoms with Crippen molar-refractivity contribution in [3.63, 3.8) is 0 Å². The van der Waals surface area contributed by atoms with Gasteiger partial charge in [-0.25, -0.2) is 13.2 Å². The zero-order valence-corrected chi connectivity index (χ0v) is 22.0. The van der Waals surface area contributed by atoms with Crippen LogP contribution in [0.3, 0.4) is 0 Å². The lowest BCUT2D eigenvalue weighted by Gasteiger charge is -2.29. The molecule has 0 amide bonds. The number of hydrogen-bond donors (Lipinski definition) is 0. The molecule has 1 aliphatic rings. The minimum Gasteiger partial charge on any atom is -0.493 e. The molecule has 0 aliphatic carbocycles. The maximum Gasteiger partial charge on any atom is 0.416 e. The van der Waals surface area contributed by atoms with Gasteiger partial charge in [-0.2, -0.15) is 30.4 Å². The molecule has 5 nitrogen and oxygen atoms in total. The second-order valence-electron chi connectivity index (χ2n) is 9.31. The first-order chi connectivity index (χ1) is 19.7. The molecule has 0 N–H and O–H groups in total. The van der Waals surface area contributed by atoms with Crippen LogP contribution in [-0.4, -0.2) is 20.0 Å². The molecule has 42 heavy (non-hydrogen) atoms. The molecule has 2 heterocycles. The normalized spacial score (nSPS) is 15.2. The molecule has 0 saturated carbocycles. The van der Waals surface area contributed by atoms with Gasteiger partial charge >= 0.3 is 16.3 Å². The van der Waals surface area contributed by atoms with Gasteiger partial charge in [-0.1, -0.05) is 18.2 Å². The van der Waals surface area contributed by atoms with Crippen LogP contribution in [-0.2, 0) is 16.3 Å². The number of hydrogen-bond acceptors (Lipinski definition) is 5. The number of fused-ring (bicyclic) bond motifs is 1. The third-order valence-electron chi connectivity index (χ3n) is 6.65. The molecule has 3 aromatic carbocycles. The fourth-order valence-electron chi connectivity index (χ4n) is 4.58. The van der Waals surface area contributed by atoms with Crippen LogP contribution in [0.4, 0.5) is 35.1 Å². The molecule has 0 bridgehead atoms. The summed E-state index contributed by atoms with van der Waals surface area (Å²) < 4.78 is 145. The highest BCUT2D eigenvalue weighted by Crippen LogP contribution is 2.44. The standard InChI is InChI=1S/C28H17F8NO4S/c1-13-2-3-14(12-37-13)20-10-15(28(34,35)36)4-6-17(20)18-8-9-40-21-11-16(5-7-19(18)21)42(38,39)41-27-25(32)23(30)22(29)24(31)26(27)33/h2-7,10-12,18H,8-9H2,1H3/t18-/m1/s1. The van der Waals surface area contributed by atoms with Crippen molar-refractivity contribution < 1.29 is 52.5 Å². The molecular weight excluding hydrogens is 598 g/mol. The molecule has 220 valence electrons. The van der Waals surface area contributed by atoms with Gasteiger partial charge in [-0.05, 0) is 48.7 Å². The minimum atomic E-state index is -5.15. The van der Waals surface area contributed by atoms with E-state index in [1.165, 1.54) is 18.3 Å². The molecule has 0 radical (unpaired) electrons. The third-order valence-corrected chi connectivity index (χ3v) is 7.87. The summed E-state index contributed by atoms with van der Waals surface area (Å²) in [5, 5.41) is 0.